The molecule has 6 nitrogen and oxygen atoms in total. The number of nitrogens with one attached hydrogen (secondary N) is 2. The minimum Gasteiger partial charge on any atom is -0.493 e. The Hall–Kier alpha value is -2.99. The van der Waals surface area contributed by atoms with Gasteiger partial charge in [-0.1, -0.05) is 17.7 Å². The van der Waals surface area contributed by atoms with E-state index < -0.39 is 0 Å². The zero-order chi connectivity index (χ0) is 21.4. The van der Waals surface area contributed by atoms with Gasteiger partial charge in [0, 0.05) is 23.9 Å². The van der Waals surface area contributed by atoms with Crippen molar-refractivity contribution in [3.8, 4) is 11.5 Å². The summed E-state index contributed by atoms with van der Waals surface area (Å²) in [5.74, 6) is 0.445. The summed E-state index contributed by atoms with van der Waals surface area (Å²) in [5, 5.41) is 5.94. The molecule has 2 aromatic rings. The predicted octanol–water partition coefficient (Wildman–Crippen LogP) is 4.46. The number of hydrogen-bond donors (Lipinski definition) is 2. The molecular formula is C22H25ClN2O4. The number of carbonyl (C=O) groups is 2. The van der Waals surface area contributed by atoms with E-state index in [2.05, 4.69) is 10.6 Å². The summed E-state index contributed by atoms with van der Waals surface area (Å²) < 4.78 is 10.8. The van der Waals surface area contributed by atoms with E-state index in [1.54, 1.807) is 36.4 Å². The summed E-state index contributed by atoms with van der Waals surface area (Å²) in [7, 11) is 1.53. The van der Waals surface area contributed by atoms with Gasteiger partial charge in [0.15, 0.2) is 11.5 Å². The fourth-order valence-corrected chi connectivity index (χ4v) is 2.90. The topological polar surface area (TPSA) is 76.7 Å². The second-order valence-corrected chi connectivity index (χ2v) is 6.59. The van der Waals surface area contributed by atoms with E-state index in [0.717, 1.165) is 5.56 Å². The SMILES string of the molecule is CCNC(=O)c1ccc(C)c(NC(=O)/C=C/c2cc(Cl)c(OCC)c(OC)c2)c1. The second-order valence-electron chi connectivity index (χ2n) is 6.18. The van der Waals surface area contributed by atoms with Gasteiger partial charge in [-0.05, 0) is 62.2 Å². The Balaban J connectivity index is 2.17. The molecule has 0 heterocycles. The van der Waals surface area contributed by atoms with Gasteiger partial charge in [-0.15, -0.1) is 0 Å². The molecule has 7 heteroatoms. The third-order valence-corrected chi connectivity index (χ3v) is 4.34. The number of methoxy groups -OCH3 is 1. The van der Waals surface area contributed by atoms with Crippen LogP contribution in [0.4, 0.5) is 5.69 Å². The average molecular weight is 417 g/mol. The number of amides is 2. The van der Waals surface area contributed by atoms with Crippen LogP contribution in [-0.2, 0) is 4.79 Å². The molecule has 0 aliphatic rings. The van der Waals surface area contributed by atoms with E-state index in [1.165, 1.54) is 13.2 Å². The molecule has 0 saturated heterocycles. The van der Waals surface area contributed by atoms with Crippen LogP contribution in [0.5, 0.6) is 11.5 Å². The molecule has 29 heavy (non-hydrogen) atoms. The number of carbonyl (C=O) groups excluding carboxylic acids is 2. The van der Waals surface area contributed by atoms with Crippen molar-refractivity contribution in [3.63, 3.8) is 0 Å². The van der Waals surface area contributed by atoms with Crippen LogP contribution in [0.25, 0.3) is 6.08 Å². The second kappa shape index (κ2) is 10.5. The molecule has 2 aromatic carbocycles. The molecule has 0 radical (unpaired) electrons. The van der Waals surface area contributed by atoms with Crippen LogP contribution < -0.4 is 20.1 Å². The van der Waals surface area contributed by atoms with Crippen LogP contribution in [0.15, 0.2) is 36.4 Å². The van der Waals surface area contributed by atoms with E-state index in [9.17, 15) is 9.59 Å². The van der Waals surface area contributed by atoms with E-state index in [1.807, 2.05) is 20.8 Å². The number of aryl methyl sites for hydroxylation is 1. The van der Waals surface area contributed by atoms with E-state index in [4.69, 9.17) is 21.1 Å². The summed E-state index contributed by atoms with van der Waals surface area (Å²) >= 11 is 6.25. The first-order chi connectivity index (χ1) is 13.9. The first-order valence-corrected chi connectivity index (χ1v) is 9.65. The highest BCUT2D eigenvalue weighted by Crippen LogP contribution is 2.36. The Morgan fingerprint density at radius 2 is 1.93 bits per heavy atom. The maximum absolute atomic E-state index is 12.4. The van der Waals surface area contributed by atoms with Crippen molar-refractivity contribution in [2.24, 2.45) is 0 Å². The van der Waals surface area contributed by atoms with Crippen molar-refractivity contribution in [3.05, 3.63) is 58.1 Å². The van der Waals surface area contributed by atoms with Gasteiger partial charge in [0.1, 0.15) is 0 Å². The Kier molecular flexibility index (Phi) is 8.09. The monoisotopic (exact) mass is 416 g/mol. The van der Waals surface area contributed by atoms with Crippen LogP contribution in [0, 0.1) is 6.92 Å². The molecule has 2 rings (SSSR count). The predicted molar refractivity (Wildman–Crippen MR) is 116 cm³/mol. The number of anilines is 1. The molecule has 0 aromatic heterocycles. The molecule has 2 amide bonds. The number of ether oxygens (including phenoxy) is 2. The number of halogens is 1. The van der Waals surface area contributed by atoms with Gasteiger partial charge in [0.2, 0.25) is 5.91 Å². The molecule has 154 valence electrons. The molecule has 0 fully saturated rings. The van der Waals surface area contributed by atoms with Gasteiger partial charge >= 0.3 is 0 Å². The Morgan fingerprint density at radius 1 is 1.17 bits per heavy atom. The largest absolute Gasteiger partial charge is 0.493 e. The summed E-state index contributed by atoms with van der Waals surface area (Å²) in [6.45, 7) is 6.56. The highest BCUT2D eigenvalue weighted by atomic mass is 35.5. The third-order valence-electron chi connectivity index (χ3n) is 4.06. The molecule has 0 saturated carbocycles. The molecule has 0 aliphatic heterocycles. The third kappa shape index (κ3) is 5.99. The zero-order valence-corrected chi connectivity index (χ0v) is 17.7. The Bertz CT molecular complexity index is 925. The van der Waals surface area contributed by atoms with Crippen LogP contribution in [0.3, 0.4) is 0 Å². The minimum atomic E-state index is -0.329. The van der Waals surface area contributed by atoms with Gasteiger partial charge in [0.05, 0.1) is 18.7 Å². The van der Waals surface area contributed by atoms with Gasteiger partial charge in [-0.25, -0.2) is 0 Å². The highest BCUT2D eigenvalue weighted by molar-refractivity contribution is 6.32. The van der Waals surface area contributed by atoms with E-state index in [0.29, 0.717) is 46.5 Å². The van der Waals surface area contributed by atoms with Gasteiger partial charge in [-0.2, -0.15) is 0 Å². The number of rotatable bonds is 8. The Labute approximate surface area is 175 Å². The first kappa shape index (κ1) is 22.3. The first-order valence-electron chi connectivity index (χ1n) is 9.27. The summed E-state index contributed by atoms with van der Waals surface area (Å²) in [6.07, 6.45) is 3.02. The summed E-state index contributed by atoms with van der Waals surface area (Å²) in [6, 6.07) is 8.60. The van der Waals surface area contributed by atoms with Crippen molar-refractivity contribution in [1.29, 1.82) is 0 Å². The normalized spacial score (nSPS) is 10.7. The Morgan fingerprint density at radius 3 is 2.59 bits per heavy atom. The quantitative estimate of drug-likeness (QED) is 0.623. The molecule has 2 N–H and O–H groups in total. The fourth-order valence-electron chi connectivity index (χ4n) is 2.63. The standard InChI is InChI=1S/C22H25ClN2O4/c1-5-24-22(27)16-9-7-14(3)18(13-16)25-20(26)10-8-15-11-17(23)21(29-6-2)19(12-15)28-4/h7-13H,5-6H2,1-4H3,(H,24,27)(H,25,26)/b10-8+. The van der Waals surface area contributed by atoms with Crippen LogP contribution >= 0.6 is 11.6 Å². The van der Waals surface area contributed by atoms with Crippen molar-refractivity contribution in [1.82, 2.24) is 5.32 Å². The molecule has 0 unspecified atom stereocenters. The van der Waals surface area contributed by atoms with Gasteiger partial charge < -0.3 is 20.1 Å². The van der Waals surface area contributed by atoms with E-state index in [-0.39, 0.29) is 11.8 Å². The van der Waals surface area contributed by atoms with E-state index >= 15 is 0 Å². The van der Waals surface area contributed by atoms with Crippen LogP contribution in [0.1, 0.15) is 35.3 Å². The lowest BCUT2D eigenvalue weighted by molar-refractivity contribution is -0.111. The van der Waals surface area contributed by atoms with Crippen LogP contribution in [-0.4, -0.2) is 32.1 Å². The average Bonchev–Trinajstić information content (AvgIpc) is 2.70. The summed E-state index contributed by atoms with van der Waals surface area (Å²) in [5.41, 5.74) is 2.61. The molecule has 0 bridgehead atoms. The fraction of sp³-hybridized carbons (Fsp3) is 0.273. The van der Waals surface area contributed by atoms with Crippen molar-refractivity contribution < 1.29 is 19.1 Å². The lowest BCUT2D eigenvalue weighted by atomic mass is 10.1. The van der Waals surface area contributed by atoms with Gasteiger partial charge in [0.25, 0.3) is 5.91 Å². The highest BCUT2D eigenvalue weighted by Gasteiger charge is 2.11. The van der Waals surface area contributed by atoms with Gasteiger partial charge in [-0.3, -0.25) is 9.59 Å². The molecular weight excluding hydrogens is 392 g/mol. The lowest BCUT2D eigenvalue weighted by Gasteiger charge is -2.12. The smallest absolute Gasteiger partial charge is 0.251 e. The van der Waals surface area contributed by atoms with Crippen molar-refractivity contribution in [2.75, 3.05) is 25.6 Å². The zero-order valence-electron chi connectivity index (χ0n) is 17.0. The number of benzene rings is 2. The lowest BCUT2D eigenvalue weighted by Crippen LogP contribution is -2.23. The van der Waals surface area contributed by atoms with Crippen molar-refractivity contribution >= 4 is 35.2 Å². The maximum Gasteiger partial charge on any atom is 0.251 e. The van der Waals surface area contributed by atoms with Crippen LogP contribution in [0.2, 0.25) is 5.02 Å². The maximum atomic E-state index is 12.4. The minimum absolute atomic E-state index is 0.185. The number of hydrogen-bond acceptors (Lipinski definition) is 4. The molecule has 0 spiro atoms. The molecule has 0 atom stereocenters. The molecule has 0 aliphatic carbocycles. The summed E-state index contributed by atoms with van der Waals surface area (Å²) in [4.78, 5) is 24.4. The van der Waals surface area contributed by atoms with Crippen molar-refractivity contribution in [2.45, 2.75) is 20.8 Å².